The van der Waals surface area contributed by atoms with Gasteiger partial charge in [-0.15, -0.1) is 0 Å². The van der Waals surface area contributed by atoms with Crippen LogP contribution in [0.15, 0.2) is 140 Å². The molecule has 63 heavy (non-hydrogen) atoms. The van der Waals surface area contributed by atoms with E-state index >= 15 is 0 Å². The molecule has 9 rings (SSSR count). The van der Waals surface area contributed by atoms with Crippen molar-refractivity contribution in [2.45, 2.75) is 119 Å². The lowest BCUT2D eigenvalue weighted by Gasteiger charge is -2.45. The summed E-state index contributed by atoms with van der Waals surface area (Å²) in [6.07, 6.45) is 0. The van der Waals surface area contributed by atoms with Crippen molar-refractivity contribution in [3.8, 4) is 22.3 Å². The number of nitrogens with zero attached hydrogens (tertiary/aromatic N) is 2. The van der Waals surface area contributed by atoms with Crippen LogP contribution in [0.5, 0.6) is 0 Å². The first-order chi connectivity index (χ1) is 29.6. The van der Waals surface area contributed by atoms with Crippen LogP contribution in [0.2, 0.25) is 0 Å². The smallest absolute Gasteiger partial charge is 0.252 e. The quantitative estimate of drug-likeness (QED) is 0.163. The average Bonchev–Trinajstić information content (AvgIpc) is 3.22. The van der Waals surface area contributed by atoms with Crippen molar-refractivity contribution in [3.63, 3.8) is 0 Å². The highest BCUT2D eigenvalue weighted by atomic mass is 15.2. The molecule has 318 valence electrons. The minimum atomic E-state index is -0.0282. The van der Waals surface area contributed by atoms with Crippen molar-refractivity contribution < 1.29 is 0 Å². The fraction of sp³-hybridized carbons (Fsp3) is 0.300. The van der Waals surface area contributed by atoms with Gasteiger partial charge < -0.3 is 9.80 Å². The fourth-order valence-corrected chi connectivity index (χ4v) is 9.85. The average molecular weight is 825 g/mol. The molecule has 0 atom stereocenters. The van der Waals surface area contributed by atoms with Gasteiger partial charge in [-0.1, -0.05) is 185 Å². The van der Waals surface area contributed by atoms with Gasteiger partial charge in [0.05, 0.1) is 11.4 Å². The molecule has 0 aliphatic carbocycles. The Morgan fingerprint density at radius 2 is 0.667 bits per heavy atom. The zero-order chi connectivity index (χ0) is 45.0. The summed E-state index contributed by atoms with van der Waals surface area (Å²) in [6.45, 7) is 32.3. The predicted molar refractivity (Wildman–Crippen MR) is 276 cm³/mol. The molecule has 0 unspecified atom stereocenters. The SMILES string of the molecule is Cc1ccc(N2c3ccc(C(C)(C)C)cc3B3c4cc(C(C)(C)C)ccc4N(c4ccc(C)cc4-c4ccc(C(C)(C)C)cc4)c4cccc2c43)c(-c2ccc(C(C)(C)C)cc2)c1. The molecule has 2 nitrogen and oxygen atoms in total. The molecule has 0 bridgehead atoms. The molecule has 7 aromatic carbocycles. The van der Waals surface area contributed by atoms with Crippen LogP contribution in [-0.2, 0) is 21.7 Å². The summed E-state index contributed by atoms with van der Waals surface area (Å²) in [7, 11) is 0. The van der Waals surface area contributed by atoms with Crippen LogP contribution in [-0.4, -0.2) is 6.71 Å². The van der Waals surface area contributed by atoms with Gasteiger partial charge in [-0.3, -0.25) is 0 Å². The van der Waals surface area contributed by atoms with E-state index in [1.807, 2.05) is 0 Å². The Hall–Kier alpha value is -5.80. The van der Waals surface area contributed by atoms with Crippen molar-refractivity contribution in [1.29, 1.82) is 0 Å². The molecule has 0 amide bonds. The maximum Gasteiger partial charge on any atom is 0.252 e. The first kappa shape index (κ1) is 42.5. The second-order valence-electron chi connectivity index (χ2n) is 22.6. The van der Waals surface area contributed by atoms with Crippen LogP contribution in [0.4, 0.5) is 34.1 Å². The van der Waals surface area contributed by atoms with Crippen LogP contribution in [0, 0.1) is 13.8 Å². The van der Waals surface area contributed by atoms with E-state index in [9.17, 15) is 0 Å². The number of hydrogen-bond donors (Lipinski definition) is 0. The van der Waals surface area contributed by atoms with E-state index < -0.39 is 0 Å². The Bertz CT molecular complexity index is 2690. The highest BCUT2D eigenvalue weighted by Gasteiger charge is 2.44. The zero-order valence-electron chi connectivity index (χ0n) is 40.3. The molecule has 0 spiro atoms. The van der Waals surface area contributed by atoms with Crippen molar-refractivity contribution >= 4 is 57.2 Å². The summed E-state index contributed by atoms with van der Waals surface area (Å²) in [6, 6.07) is 54.3. The Labute approximate surface area is 379 Å². The molecule has 0 N–H and O–H groups in total. The Kier molecular flexibility index (Phi) is 10.1. The van der Waals surface area contributed by atoms with Crippen LogP contribution in [0.25, 0.3) is 22.3 Å². The van der Waals surface area contributed by atoms with E-state index in [2.05, 4.69) is 246 Å². The molecule has 2 aliphatic rings. The lowest BCUT2D eigenvalue weighted by atomic mass is 9.33. The van der Waals surface area contributed by atoms with Crippen LogP contribution >= 0.6 is 0 Å². The van der Waals surface area contributed by atoms with E-state index in [-0.39, 0.29) is 28.4 Å². The number of fused-ring (bicyclic) bond motifs is 4. The molecule has 0 saturated carbocycles. The number of hydrogen-bond acceptors (Lipinski definition) is 2. The van der Waals surface area contributed by atoms with E-state index in [4.69, 9.17) is 0 Å². The summed E-state index contributed by atoms with van der Waals surface area (Å²) in [5.41, 5.74) is 24.3. The van der Waals surface area contributed by atoms with E-state index in [0.717, 1.165) is 0 Å². The van der Waals surface area contributed by atoms with Gasteiger partial charge in [0, 0.05) is 33.9 Å². The molecule has 2 heterocycles. The molecular weight excluding hydrogens is 759 g/mol. The number of aryl methyl sites for hydroxylation is 2. The number of benzene rings is 7. The molecule has 2 aliphatic heterocycles. The van der Waals surface area contributed by atoms with Gasteiger partial charge in [0.15, 0.2) is 0 Å². The molecule has 0 radical (unpaired) electrons. The minimum absolute atomic E-state index is 0.0261. The highest BCUT2D eigenvalue weighted by Crippen LogP contribution is 2.49. The van der Waals surface area contributed by atoms with Gasteiger partial charge in [0.1, 0.15) is 0 Å². The summed E-state index contributed by atoms with van der Waals surface area (Å²) in [5, 5.41) is 0. The Morgan fingerprint density at radius 3 is 1.02 bits per heavy atom. The summed E-state index contributed by atoms with van der Waals surface area (Å²) in [4.78, 5) is 5.17. The van der Waals surface area contributed by atoms with Gasteiger partial charge in [0.2, 0.25) is 0 Å². The lowest BCUT2D eigenvalue weighted by Crippen LogP contribution is -2.61. The fourth-order valence-electron chi connectivity index (χ4n) is 9.85. The maximum atomic E-state index is 2.58. The van der Waals surface area contributed by atoms with Gasteiger partial charge in [-0.05, 0) is 134 Å². The molecule has 7 aromatic rings. The van der Waals surface area contributed by atoms with Crippen LogP contribution in [0.1, 0.15) is 116 Å². The maximum absolute atomic E-state index is 2.58. The Balaban J connectivity index is 1.35. The third-order valence-corrected chi connectivity index (χ3v) is 13.6. The normalized spacial score (nSPS) is 13.8. The van der Waals surface area contributed by atoms with Crippen molar-refractivity contribution in [1.82, 2.24) is 0 Å². The summed E-state index contributed by atoms with van der Waals surface area (Å²) >= 11 is 0. The molecular formula is C60H65BN2. The molecule has 3 heteroatoms. The topological polar surface area (TPSA) is 6.48 Å². The third-order valence-electron chi connectivity index (χ3n) is 13.6. The Morgan fingerprint density at radius 1 is 0.333 bits per heavy atom. The standard InChI is InChI=1S/C60H65BN2/c1-38-18-30-50(46(34-38)40-20-24-42(25-21-40)57(3,4)5)62-52-32-28-44(59(9,10)11)36-48(52)61-49-37-45(60(12,13)14)29-33-53(49)63(55-17-15-16-54(62)56(55)61)51-31-19-39(2)35-47(51)41-22-26-43(27-23-41)58(6,7)8/h15-37H,1-14H3. The first-order valence-electron chi connectivity index (χ1n) is 23.0. The van der Waals surface area contributed by atoms with Gasteiger partial charge >= 0.3 is 0 Å². The number of rotatable bonds is 4. The van der Waals surface area contributed by atoms with Crippen molar-refractivity contribution in [2.24, 2.45) is 0 Å². The largest absolute Gasteiger partial charge is 0.311 e. The predicted octanol–water partition coefficient (Wildman–Crippen LogP) is 14.9. The molecule has 0 saturated heterocycles. The monoisotopic (exact) mass is 825 g/mol. The highest BCUT2D eigenvalue weighted by molar-refractivity contribution is 7.00. The molecule has 0 fully saturated rings. The third kappa shape index (κ3) is 7.52. The second-order valence-corrected chi connectivity index (χ2v) is 22.6. The molecule has 0 aromatic heterocycles. The lowest BCUT2D eigenvalue weighted by molar-refractivity contribution is 0.590. The first-order valence-corrected chi connectivity index (χ1v) is 23.0. The van der Waals surface area contributed by atoms with Crippen LogP contribution in [0.3, 0.4) is 0 Å². The van der Waals surface area contributed by atoms with E-state index in [0.29, 0.717) is 0 Å². The number of anilines is 6. The summed E-state index contributed by atoms with van der Waals surface area (Å²) < 4.78 is 0. The van der Waals surface area contributed by atoms with Gasteiger partial charge in [0.25, 0.3) is 6.71 Å². The van der Waals surface area contributed by atoms with Gasteiger partial charge in [-0.2, -0.15) is 0 Å². The minimum Gasteiger partial charge on any atom is -0.311 e. The van der Waals surface area contributed by atoms with E-state index in [1.54, 1.807) is 0 Å². The second kappa shape index (κ2) is 14.9. The van der Waals surface area contributed by atoms with Crippen LogP contribution < -0.4 is 26.2 Å². The van der Waals surface area contributed by atoms with Crippen molar-refractivity contribution in [2.75, 3.05) is 9.80 Å². The summed E-state index contributed by atoms with van der Waals surface area (Å²) in [5.74, 6) is 0. The van der Waals surface area contributed by atoms with Gasteiger partial charge in [-0.25, -0.2) is 0 Å². The van der Waals surface area contributed by atoms with Crippen molar-refractivity contribution in [3.05, 3.63) is 173 Å². The van der Waals surface area contributed by atoms with E-state index in [1.165, 1.54) is 106 Å². The zero-order valence-corrected chi connectivity index (χ0v) is 40.3.